The van der Waals surface area contributed by atoms with E-state index in [4.69, 9.17) is 4.43 Å². The van der Waals surface area contributed by atoms with Gasteiger partial charge < -0.3 is 4.43 Å². The van der Waals surface area contributed by atoms with Crippen LogP contribution in [0.2, 0.25) is 18.1 Å². The molecule has 6 heteroatoms. The van der Waals surface area contributed by atoms with Gasteiger partial charge in [0.05, 0.1) is 18.0 Å². The molecule has 0 saturated heterocycles. The van der Waals surface area contributed by atoms with Crippen molar-refractivity contribution in [1.29, 1.82) is 0 Å². The minimum Gasteiger partial charge on any atom is -0.406 e. The zero-order valence-corrected chi connectivity index (χ0v) is 18.8. The zero-order valence-electron chi connectivity index (χ0n) is 17.0. The van der Waals surface area contributed by atoms with Crippen molar-refractivity contribution in [2.24, 2.45) is 0 Å². The highest BCUT2D eigenvalue weighted by molar-refractivity contribution is 7.89. The second-order valence-electron chi connectivity index (χ2n) is 7.66. The van der Waals surface area contributed by atoms with E-state index in [9.17, 15) is 8.42 Å². The van der Waals surface area contributed by atoms with Crippen LogP contribution in [0.15, 0.2) is 41.3 Å². The monoisotopic (exact) mass is 403 g/mol. The van der Waals surface area contributed by atoms with Crippen molar-refractivity contribution in [2.45, 2.75) is 50.7 Å². The summed E-state index contributed by atoms with van der Waals surface area (Å²) in [7, 11) is -5.29. The standard InChI is InChI=1S/C21H29NO3SSi/c1-19-13-15-20(16-14-19)26(23,24)22-17-11-9-7-8-10-12-18-25-27(5,6)21(2,3)4/h7-8,13-16,22H,17-18H2,1-6H3/b8-7-. The van der Waals surface area contributed by atoms with Crippen LogP contribution in [-0.4, -0.2) is 29.9 Å². The largest absolute Gasteiger partial charge is 0.406 e. The molecule has 0 saturated carbocycles. The average molecular weight is 404 g/mol. The number of hydrogen-bond donors (Lipinski definition) is 1. The molecular formula is C21H29NO3SSi. The molecular weight excluding hydrogens is 374 g/mol. The molecule has 0 aliphatic heterocycles. The Kier molecular flexibility index (Phi) is 8.52. The third-order valence-electron chi connectivity index (χ3n) is 4.45. The molecule has 0 heterocycles. The summed E-state index contributed by atoms with van der Waals surface area (Å²) in [5, 5.41) is 0.169. The third kappa shape index (κ3) is 8.15. The van der Waals surface area contributed by atoms with Crippen molar-refractivity contribution in [2.75, 3.05) is 13.2 Å². The van der Waals surface area contributed by atoms with Crippen molar-refractivity contribution < 1.29 is 12.8 Å². The zero-order chi connectivity index (χ0) is 20.6. The third-order valence-corrected chi connectivity index (χ3v) is 10.3. The van der Waals surface area contributed by atoms with E-state index in [1.54, 1.807) is 36.4 Å². The molecule has 0 bridgehead atoms. The van der Waals surface area contributed by atoms with Gasteiger partial charge in [0.25, 0.3) is 0 Å². The number of hydrogen-bond acceptors (Lipinski definition) is 3. The first kappa shape index (κ1) is 23.2. The molecule has 0 radical (unpaired) electrons. The molecule has 0 aliphatic carbocycles. The number of aryl methyl sites for hydroxylation is 1. The molecule has 0 atom stereocenters. The molecule has 1 N–H and O–H groups in total. The van der Waals surface area contributed by atoms with Crippen LogP contribution in [0.3, 0.4) is 0 Å². The maximum Gasteiger partial charge on any atom is 0.241 e. The summed E-state index contributed by atoms with van der Waals surface area (Å²) in [5.74, 6) is 11.3. The summed E-state index contributed by atoms with van der Waals surface area (Å²) in [6.07, 6.45) is 3.23. The van der Waals surface area contributed by atoms with E-state index in [1.165, 1.54) is 0 Å². The van der Waals surface area contributed by atoms with Gasteiger partial charge in [-0.05, 0) is 49.3 Å². The van der Waals surface area contributed by atoms with E-state index >= 15 is 0 Å². The Morgan fingerprint density at radius 3 is 2.19 bits per heavy atom. The highest BCUT2D eigenvalue weighted by Gasteiger charge is 2.36. The summed E-state index contributed by atoms with van der Waals surface area (Å²) in [6, 6.07) is 6.67. The Balaban J connectivity index is 2.42. The summed E-state index contributed by atoms with van der Waals surface area (Å²) < 4.78 is 32.5. The van der Waals surface area contributed by atoms with Crippen molar-refractivity contribution in [1.82, 2.24) is 4.72 Å². The Bertz CT molecular complexity index is 872. The van der Waals surface area contributed by atoms with E-state index in [0.717, 1.165) is 5.56 Å². The van der Waals surface area contributed by atoms with Gasteiger partial charge in [-0.15, -0.1) is 0 Å². The van der Waals surface area contributed by atoms with E-state index < -0.39 is 18.3 Å². The number of sulfonamides is 1. The molecule has 27 heavy (non-hydrogen) atoms. The fraction of sp³-hybridized carbons (Fsp3) is 0.429. The molecule has 4 nitrogen and oxygen atoms in total. The van der Waals surface area contributed by atoms with E-state index in [0.29, 0.717) is 6.61 Å². The maximum absolute atomic E-state index is 12.1. The minimum atomic E-state index is -3.53. The SMILES string of the molecule is Cc1ccc(S(=O)(=O)NCC#C/C=C\C#CCO[Si](C)(C)C(C)(C)C)cc1. The molecule has 1 rings (SSSR count). The fourth-order valence-corrected chi connectivity index (χ4v) is 3.45. The second kappa shape index (κ2) is 9.92. The number of nitrogens with one attached hydrogen (secondary N) is 1. The predicted octanol–water partition coefficient (Wildman–Crippen LogP) is 3.86. The summed E-state index contributed by atoms with van der Waals surface area (Å²) >= 11 is 0. The molecule has 0 fully saturated rings. The molecule has 146 valence electrons. The molecule has 0 amide bonds. The average Bonchev–Trinajstić information content (AvgIpc) is 2.55. The van der Waals surface area contributed by atoms with Crippen LogP contribution >= 0.6 is 0 Å². The molecule has 0 aromatic heterocycles. The van der Waals surface area contributed by atoms with Gasteiger partial charge in [0.15, 0.2) is 8.32 Å². The van der Waals surface area contributed by atoms with Crippen molar-refractivity contribution in [3.05, 3.63) is 42.0 Å². The van der Waals surface area contributed by atoms with Crippen LogP contribution in [0.1, 0.15) is 26.3 Å². The van der Waals surface area contributed by atoms with Crippen LogP contribution in [0.25, 0.3) is 0 Å². The van der Waals surface area contributed by atoms with E-state index in [-0.39, 0.29) is 16.5 Å². The lowest BCUT2D eigenvalue weighted by molar-refractivity contribution is 0.334. The van der Waals surface area contributed by atoms with Gasteiger partial charge in [-0.25, -0.2) is 8.42 Å². The molecule has 0 aliphatic rings. The quantitative estimate of drug-likeness (QED) is 0.600. The topological polar surface area (TPSA) is 55.4 Å². The smallest absolute Gasteiger partial charge is 0.241 e. The lowest BCUT2D eigenvalue weighted by atomic mass is 10.2. The molecule has 0 unspecified atom stereocenters. The van der Waals surface area contributed by atoms with Crippen LogP contribution in [-0.2, 0) is 14.4 Å². The Hall–Kier alpha value is -1.83. The Labute approximate surface area is 165 Å². The molecule has 1 aromatic carbocycles. The van der Waals surface area contributed by atoms with Crippen LogP contribution in [0.4, 0.5) is 0 Å². The summed E-state index contributed by atoms with van der Waals surface area (Å²) in [4.78, 5) is 0.234. The normalized spacial score (nSPS) is 12.2. The summed E-state index contributed by atoms with van der Waals surface area (Å²) in [6.45, 7) is 13.3. The second-order valence-corrected chi connectivity index (χ2v) is 14.2. The fourth-order valence-electron chi connectivity index (χ4n) is 1.66. The first-order valence-corrected chi connectivity index (χ1v) is 13.2. The van der Waals surface area contributed by atoms with Gasteiger partial charge in [0.1, 0.15) is 0 Å². The van der Waals surface area contributed by atoms with Gasteiger partial charge in [0.2, 0.25) is 10.0 Å². The number of rotatable bonds is 5. The van der Waals surface area contributed by atoms with Crippen molar-refractivity contribution in [3.8, 4) is 23.7 Å². The predicted molar refractivity (Wildman–Crippen MR) is 114 cm³/mol. The minimum absolute atomic E-state index is 0.0441. The Morgan fingerprint density at radius 2 is 1.63 bits per heavy atom. The number of allylic oxidation sites excluding steroid dienone is 2. The molecule has 1 aromatic rings. The maximum atomic E-state index is 12.1. The van der Waals surface area contributed by atoms with E-state index in [1.807, 2.05) is 6.92 Å². The van der Waals surface area contributed by atoms with Crippen LogP contribution in [0.5, 0.6) is 0 Å². The Morgan fingerprint density at radius 1 is 1.07 bits per heavy atom. The first-order valence-electron chi connectivity index (χ1n) is 8.78. The summed E-state index contributed by atoms with van der Waals surface area (Å²) in [5.41, 5.74) is 1.01. The highest BCUT2D eigenvalue weighted by atomic mass is 32.2. The lowest BCUT2D eigenvalue weighted by Crippen LogP contribution is -2.40. The number of benzene rings is 1. The van der Waals surface area contributed by atoms with Crippen molar-refractivity contribution >= 4 is 18.3 Å². The van der Waals surface area contributed by atoms with Crippen molar-refractivity contribution in [3.63, 3.8) is 0 Å². The van der Waals surface area contributed by atoms with Crippen LogP contribution < -0.4 is 4.72 Å². The van der Waals surface area contributed by atoms with E-state index in [2.05, 4.69) is 62.3 Å². The van der Waals surface area contributed by atoms with Gasteiger partial charge in [-0.3, -0.25) is 0 Å². The van der Waals surface area contributed by atoms with Gasteiger partial charge in [0, 0.05) is 0 Å². The van der Waals surface area contributed by atoms with Crippen LogP contribution in [0, 0.1) is 30.6 Å². The highest BCUT2D eigenvalue weighted by Crippen LogP contribution is 2.36. The van der Waals surface area contributed by atoms with Gasteiger partial charge >= 0.3 is 0 Å². The molecule has 0 spiro atoms. The first-order chi connectivity index (χ1) is 12.5. The lowest BCUT2D eigenvalue weighted by Gasteiger charge is -2.35. The van der Waals surface area contributed by atoms with Gasteiger partial charge in [-0.2, -0.15) is 4.72 Å². The van der Waals surface area contributed by atoms with Gasteiger partial charge in [-0.1, -0.05) is 62.1 Å².